The summed E-state index contributed by atoms with van der Waals surface area (Å²) in [6.07, 6.45) is 2.51. The molecule has 4 nitrogen and oxygen atoms in total. The number of nitriles is 1. The maximum Gasteiger partial charge on any atom is 0.224 e. The maximum absolute atomic E-state index is 11.9. The summed E-state index contributed by atoms with van der Waals surface area (Å²) in [5, 5.41) is 11.6. The molecule has 0 aliphatic rings. The Morgan fingerprint density at radius 1 is 1.33 bits per heavy atom. The van der Waals surface area contributed by atoms with Crippen LogP contribution in [0, 0.1) is 11.3 Å². The first-order valence-electron chi connectivity index (χ1n) is 7.64. The molecule has 21 heavy (non-hydrogen) atoms. The van der Waals surface area contributed by atoms with Gasteiger partial charge in [-0.3, -0.25) is 4.79 Å². The Labute approximate surface area is 127 Å². The highest BCUT2D eigenvalue weighted by Gasteiger charge is 2.10. The zero-order chi connectivity index (χ0) is 15.7. The van der Waals surface area contributed by atoms with Gasteiger partial charge in [-0.25, -0.2) is 0 Å². The number of benzene rings is 1. The number of nitrogens with zero attached hydrogens (tertiary/aromatic N) is 2. The molecule has 0 saturated heterocycles. The molecule has 1 unspecified atom stereocenters. The lowest BCUT2D eigenvalue weighted by atomic mass is 10.2. The van der Waals surface area contributed by atoms with Crippen molar-refractivity contribution in [1.29, 1.82) is 5.26 Å². The lowest BCUT2D eigenvalue weighted by Gasteiger charge is -2.26. The van der Waals surface area contributed by atoms with E-state index >= 15 is 0 Å². The van der Waals surface area contributed by atoms with E-state index < -0.39 is 0 Å². The molecule has 0 fully saturated rings. The number of hydrogen-bond acceptors (Lipinski definition) is 3. The van der Waals surface area contributed by atoms with Crippen molar-refractivity contribution in [2.75, 3.05) is 18.4 Å². The summed E-state index contributed by atoms with van der Waals surface area (Å²) in [6, 6.07) is 9.55. The lowest BCUT2D eigenvalue weighted by molar-refractivity contribution is -0.116. The van der Waals surface area contributed by atoms with Gasteiger partial charge < -0.3 is 10.2 Å². The van der Waals surface area contributed by atoms with E-state index in [2.05, 4.69) is 37.1 Å². The van der Waals surface area contributed by atoms with Crippen molar-refractivity contribution in [2.24, 2.45) is 0 Å². The Kier molecular flexibility index (Phi) is 7.49. The van der Waals surface area contributed by atoms with Gasteiger partial charge in [0, 0.05) is 18.2 Å². The fourth-order valence-electron chi connectivity index (χ4n) is 2.24. The fourth-order valence-corrected chi connectivity index (χ4v) is 2.24. The Morgan fingerprint density at radius 3 is 2.52 bits per heavy atom. The highest BCUT2D eigenvalue weighted by Crippen LogP contribution is 2.10. The summed E-state index contributed by atoms with van der Waals surface area (Å²) >= 11 is 0. The Balaban J connectivity index is 2.35. The molecule has 4 heteroatoms. The van der Waals surface area contributed by atoms with Crippen molar-refractivity contribution in [2.45, 2.75) is 46.1 Å². The maximum atomic E-state index is 11.9. The van der Waals surface area contributed by atoms with Crippen LogP contribution < -0.4 is 5.32 Å². The summed E-state index contributed by atoms with van der Waals surface area (Å²) in [6.45, 7) is 8.53. The third-order valence-corrected chi connectivity index (χ3v) is 3.77. The molecule has 1 atom stereocenters. The van der Waals surface area contributed by atoms with Crippen LogP contribution in [0.1, 0.15) is 45.6 Å². The standard InChI is InChI=1S/C17H25N3O/c1-4-14(3)20(5-2)12-6-7-17(21)19-16-10-8-15(13-18)9-11-16/h8-11,14H,4-7,12H2,1-3H3,(H,19,21). The average Bonchev–Trinajstić information content (AvgIpc) is 2.51. The third kappa shape index (κ3) is 5.97. The van der Waals surface area contributed by atoms with Gasteiger partial charge in [-0.2, -0.15) is 5.26 Å². The second kappa shape index (κ2) is 9.15. The SMILES string of the molecule is CCC(C)N(CC)CCCC(=O)Nc1ccc(C#N)cc1. The van der Waals surface area contributed by atoms with E-state index in [1.165, 1.54) is 0 Å². The second-order valence-electron chi connectivity index (χ2n) is 5.23. The first-order chi connectivity index (χ1) is 10.1. The topological polar surface area (TPSA) is 56.1 Å². The first kappa shape index (κ1) is 17.2. The monoisotopic (exact) mass is 287 g/mol. The summed E-state index contributed by atoms with van der Waals surface area (Å²) in [4.78, 5) is 14.3. The van der Waals surface area contributed by atoms with Gasteiger partial charge in [0.1, 0.15) is 0 Å². The summed E-state index contributed by atoms with van der Waals surface area (Å²) in [5.74, 6) is 0.0277. The van der Waals surface area contributed by atoms with Crippen molar-refractivity contribution in [3.63, 3.8) is 0 Å². The average molecular weight is 287 g/mol. The fraction of sp³-hybridized carbons (Fsp3) is 0.529. The predicted molar refractivity (Wildman–Crippen MR) is 86.0 cm³/mol. The van der Waals surface area contributed by atoms with Gasteiger partial charge in [0.05, 0.1) is 11.6 Å². The number of carbonyl (C=O) groups is 1. The molecule has 0 saturated carbocycles. The van der Waals surface area contributed by atoms with Crippen LogP contribution in [0.5, 0.6) is 0 Å². The largest absolute Gasteiger partial charge is 0.326 e. The molecule has 1 amide bonds. The van der Waals surface area contributed by atoms with Crippen LogP contribution in [0.25, 0.3) is 0 Å². The van der Waals surface area contributed by atoms with Crippen LogP contribution in [0.2, 0.25) is 0 Å². The van der Waals surface area contributed by atoms with Crippen molar-refractivity contribution in [1.82, 2.24) is 4.90 Å². The molecule has 114 valence electrons. The minimum absolute atomic E-state index is 0.0277. The van der Waals surface area contributed by atoms with Crippen molar-refractivity contribution < 1.29 is 4.79 Å². The van der Waals surface area contributed by atoms with Crippen LogP contribution >= 0.6 is 0 Å². The molecule has 1 rings (SSSR count). The quantitative estimate of drug-likeness (QED) is 0.797. The molecule has 0 bridgehead atoms. The lowest BCUT2D eigenvalue weighted by Crippen LogP contribution is -2.33. The Bertz CT molecular complexity index is 476. The number of amides is 1. The summed E-state index contributed by atoms with van der Waals surface area (Å²) < 4.78 is 0. The molecule has 1 aromatic rings. The first-order valence-corrected chi connectivity index (χ1v) is 7.64. The van der Waals surface area contributed by atoms with Crippen molar-refractivity contribution in [3.8, 4) is 6.07 Å². The van der Waals surface area contributed by atoms with Crippen molar-refractivity contribution in [3.05, 3.63) is 29.8 Å². The number of nitrogens with one attached hydrogen (secondary N) is 1. The van der Waals surface area contributed by atoms with E-state index in [1.54, 1.807) is 24.3 Å². The molecule has 0 aliphatic heterocycles. The van der Waals surface area contributed by atoms with E-state index in [0.29, 0.717) is 18.0 Å². The molecular weight excluding hydrogens is 262 g/mol. The molecule has 0 aromatic heterocycles. The number of hydrogen-bond donors (Lipinski definition) is 1. The summed E-state index contributed by atoms with van der Waals surface area (Å²) in [7, 11) is 0. The molecule has 0 heterocycles. The second-order valence-corrected chi connectivity index (χ2v) is 5.23. The van der Waals surface area contributed by atoms with E-state index in [1.807, 2.05) is 0 Å². The molecular formula is C17H25N3O. The zero-order valence-electron chi connectivity index (χ0n) is 13.2. The van der Waals surface area contributed by atoms with Gasteiger partial charge in [0.25, 0.3) is 0 Å². The van der Waals surface area contributed by atoms with Crippen LogP contribution in [0.3, 0.4) is 0 Å². The van der Waals surface area contributed by atoms with Gasteiger partial charge >= 0.3 is 0 Å². The number of anilines is 1. The van der Waals surface area contributed by atoms with Crippen LogP contribution in [-0.2, 0) is 4.79 Å². The minimum Gasteiger partial charge on any atom is -0.326 e. The van der Waals surface area contributed by atoms with E-state index in [9.17, 15) is 4.79 Å². The molecule has 1 aromatic carbocycles. The number of carbonyl (C=O) groups excluding carboxylic acids is 1. The smallest absolute Gasteiger partial charge is 0.224 e. The molecule has 1 N–H and O–H groups in total. The molecule has 0 spiro atoms. The zero-order valence-corrected chi connectivity index (χ0v) is 13.2. The van der Waals surface area contributed by atoms with Crippen LogP contribution in [0.4, 0.5) is 5.69 Å². The van der Waals surface area contributed by atoms with E-state index in [-0.39, 0.29) is 5.91 Å². The van der Waals surface area contributed by atoms with E-state index in [4.69, 9.17) is 5.26 Å². The third-order valence-electron chi connectivity index (χ3n) is 3.77. The normalized spacial score (nSPS) is 12.0. The van der Waals surface area contributed by atoms with Gasteiger partial charge in [-0.05, 0) is 57.1 Å². The Hall–Kier alpha value is -1.86. The van der Waals surface area contributed by atoms with Gasteiger partial charge in [0.2, 0.25) is 5.91 Å². The van der Waals surface area contributed by atoms with Gasteiger partial charge in [0.15, 0.2) is 0 Å². The van der Waals surface area contributed by atoms with Crippen molar-refractivity contribution >= 4 is 11.6 Å². The minimum atomic E-state index is 0.0277. The van der Waals surface area contributed by atoms with Crippen LogP contribution in [-0.4, -0.2) is 29.9 Å². The van der Waals surface area contributed by atoms with Crippen LogP contribution in [0.15, 0.2) is 24.3 Å². The molecule has 0 aliphatic carbocycles. The number of rotatable bonds is 8. The van der Waals surface area contributed by atoms with Gasteiger partial charge in [-0.1, -0.05) is 13.8 Å². The highest BCUT2D eigenvalue weighted by atomic mass is 16.1. The molecule has 0 radical (unpaired) electrons. The van der Waals surface area contributed by atoms with Gasteiger partial charge in [-0.15, -0.1) is 0 Å². The Morgan fingerprint density at radius 2 is 2.00 bits per heavy atom. The summed E-state index contributed by atoms with van der Waals surface area (Å²) in [5.41, 5.74) is 1.34. The predicted octanol–water partition coefficient (Wildman–Crippen LogP) is 3.40. The van der Waals surface area contributed by atoms with E-state index in [0.717, 1.165) is 31.6 Å². The highest BCUT2D eigenvalue weighted by molar-refractivity contribution is 5.90.